The number of likely N-dealkylation sites (tertiary alicyclic amines) is 1. The van der Waals surface area contributed by atoms with Crippen molar-refractivity contribution in [3.05, 3.63) is 29.8 Å². The van der Waals surface area contributed by atoms with Gasteiger partial charge < -0.3 is 14.5 Å². The zero-order valence-corrected chi connectivity index (χ0v) is 15.4. The number of carbonyl (C=O) groups is 3. The molecule has 0 radical (unpaired) electrons. The summed E-state index contributed by atoms with van der Waals surface area (Å²) < 4.78 is 5.07. The summed E-state index contributed by atoms with van der Waals surface area (Å²) in [6.45, 7) is 5.71. The van der Waals surface area contributed by atoms with E-state index in [4.69, 9.17) is 4.74 Å². The van der Waals surface area contributed by atoms with E-state index in [1.165, 1.54) is 0 Å². The minimum absolute atomic E-state index is 0.00430. The van der Waals surface area contributed by atoms with E-state index in [-0.39, 0.29) is 36.0 Å². The third-order valence-electron chi connectivity index (χ3n) is 5.21. The molecule has 1 atom stereocenters. The molecule has 2 fully saturated rings. The molecule has 0 aliphatic carbocycles. The number of piperidine rings is 1. The molecule has 2 heterocycles. The van der Waals surface area contributed by atoms with E-state index < -0.39 is 0 Å². The van der Waals surface area contributed by atoms with Crippen molar-refractivity contribution < 1.29 is 19.1 Å². The van der Waals surface area contributed by atoms with Crippen molar-refractivity contribution >= 4 is 23.5 Å². The number of nitrogens with zero attached hydrogens (tertiary/aromatic N) is 2. The van der Waals surface area contributed by atoms with Gasteiger partial charge in [-0.3, -0.25) is 14.4 Å². The van der Waals surface area contributed by atoms with E-state index >= 15 is 0 Å². The number of esters is 1. The Balaban J connectivity index is 1.58. The molecule has 6 nitrogen and oxygen atoms in total. The Kier molecular flexibility index (Phi) is 5.59. The van der Waals surface area contributed by atoms with Crippen LogP contribution in [-0.2, 0) is 19.1 Å². The lowest BCUT2D eigenvalue weighted by Gasteiger charge is -2.32. The highest BCUT2D eigenvalue weighted by Crippen LogP contribution is 2.28. The molecule has 0 saturated carbocycles. The Bertz CT molecular complexity index is 695. The van der Waals surface area contributed by atoms with Crippen molar-refractivity contribution in [2.75, 3.05) is 31.1 Å². The van der Waals surface area contributed by atoms with Crippen LogP contribution in [0.5, 0.6) is 0 Å². The van der Waals surface area contributed by atoms with Crippen LogP contribution in [0.3, 0.4) is 0 Å². The lowest BCUT2D eigenvalue weighted by Crippen LogP contribution is -2.44. The fourth-order valence-corrected chi connectivity index (χ4v) is 3.77. The normalized spacial score (nSPS) is 21.2. The molecular formula is C20H26N2O4. The predicted molar refractivity (Wildman–Crippen MR) is 97.6 cm³/mol. The maximum Gasteiger partial charge on any atom is 0.309 e. The molecule has 140 valence electrons. The van der Waals surface area contributed by atoms with Crippen molar-refractivity contribution in [3.8, 4) is 0 Å². The van der Waals surface area contributed by atoms with Crippen molar-refractivity contribution in [1.29, 1.82) is 0 Å². The molecule has 2 amide bonds. The van der Waals surface area contributed by atoms with Crippen LogP contribution in [0.15, 0.2) is 24.3 Å². The number of hydrogen-bond donors (Lipinski definition) is 0. The molecule has 2 aliphatic heterocycles. The van der Waals surface area contributed by atoms with Gasteiger partial charge in [0.05, 0.1) is 18.4 Å². The minimum Gasteiger partial charge on any atom is -0.466 e. The van der Waals surface area contributed by atoms with Gasteiger partial charge in [-0.2, -0.15) is 0 Å². The summed E-state index contributed by atoms with van der Waals surface area (Å²) in [6, 6.07) is 7.78. The van der Waals surface area contributed by atoms with E-state index in [9.17, 15) is 14.4 Å². The first-order valence-corrected chi connectivity index (χ1v) is 9.32. The van der Waals surface area contributed by atoms with E-state index in [1.54, 1.807) is 16.7 Å². The second-order valence-electron chi connectivity index (χ2n) is 7.10. The zero-order chi connectivity index (χ0) is 18.7. The summed E-state index contributed by atoms with van der Waals surface area (Å²) in [4.78, 5) is 40.5. The molecule has 2 aliphatic rings. The van der Waals surface area contributed by atoms with Gasteiger partial charge in [-0.25, -0.2) is 0 Å². The van der Waals surface area contributed by atoms with Gasteiger partial charge in [0.15, 0.2) is 0 Å². The Hall–Kier alpha value is -2.37. The van der Waals surface area contributed by atoms with Crippen LogP contribution in [0.1, 0.15) is 31.7 Å². The number of anilines is 1. The lowest BCUT2D eigenvalue weighted by atomic mass is 9.95. The number of hydrogen-bond acceptors (Lipinski definition) is 4. The van der Waals surface area contributed by atoms with Gasteiger partial charge in [0.2, 0.25) is 11.8 Å². The van der Waals surface area contributed by atoms with Crippen molar-refractivity contribution in [3.63, 3.8) is 0 Å². The fraction of sp³-hybridized carbons (Fsp3) is 0.550. The number of rotatable bonds is 4. The van der Waals surface area contributed by atoms with Crippen LogP contribution in [0.4, 0.5) is 5.69 Å². The molecule has 26 heavy (non-hydrogen) atoms. The maximum atomic E-state index is 12.8. The highest BCUT2D eigenvalue weighted by Gasteiger charge is 2.38. The molecule has 3 rings (SSSR count). The van der Waals surface area contributed by atoms with Gasteiger partial charge in [0.1, 0.15) is 0 Å². The summed E-state index contributed by atoms with van der Waals surface area (Å²) in [7, 11) is 0. The molecule has 1 aromatic rings. The minimum atomic E-state index is -0.304. The first-order valence-electron chi connectivity index (χ1n) is 9.32. The van der Waals surface area contributed by atoms with Gasteiger partial charge in [-0.05, 0) is 44.4 Å². The summed E-state index contributed by atoms with van der Waals surface area (Å²) in [5, 5.41) is 0. The Labute approximate surface area is 154 Å². The van der Waals surface area contributed by atoms with E-state index in [1.807, 2.05) is 31.2 Å². The molecule has 2 saturated heterocycles. The van der Waals surface area contributed by atoms with E-state index in [0.717, 1.165) is 11.3 Å². The highest BCUT2D eigenvalue weighted by molar-refractivity contribution is 6.00. The molecule has 0 bridgehead atoms. The number of ether oxygens (including phenoxy) is 1. The molecule has 1 aromatic carbocycles. The third kappa shape index (κ3) is 3.89. The molecule has 0 N–H and O–H groups in total. The van der Waals surface area contributed by atoms with Crippen LogP contribution in [-0.4, -0.2) is 48.9 Å². The number of carbonyl (C=O) groups excluding carboxylic acids is 3. The van der Waals surface area contributed by atoms with Crippen LogP contribution in [0.25, 0.3) is 0 Å². The van der Waals surface area contributed by atoms with E-state index in [0.29, 0.717) is 39.1 Å². The Morgan fingerprint density at radius 3 is 2.58 bits per heavy atom. The maximum absolute atomic E-state index is 12.8. The summed E-state index contributed by atoms with van der Waals surface area (Å²) in [6.07, 6.45) is 1.52. The summed E-state index contributed by atoms with van der Waals surface area (Å²) >= 11 is 0. The molecular weight excluding hydrogens is 332 g/mol. The van der Waals surface area contributed by atoms with Gasteiger partial charge in [0.25, 0.3) is 0 Å². The van der Waals surface area contributed by atoms with Crippen molar-refractivity contribution in [2.24, 2.45) is 11.8 Å². The first-order chi connectivity index (χ1) is 12.5. The van der Waals surface area contributed by atoms with Gasteiger partial charge in [0, 0.05) is 31.7 Å². The number of aryl methyl sites for hydroxylation is 1. The second kappa shape index (κ2) is 7.89. The van der Waals surface area contributed by atoms with Crippen LogP contribution in [0.2, 0.25) is 0 Å². The molecule has 0 aromatic heterocycles. The monoisotopic (exact) mass is 358 g/mol. The zero-order valence-electron chi connectivity index (χ0n) is 15.4. The summed E-state index contributed by atoms with van der Waals surface area (Å²) in [5.41, 5.74) is 1.94. The number of benzene rings is 1. The quantitative estimate of drug-likeness (QED) is 0.774. The third-order valence-corrected chi connectivity index (χ3v) is 5.21. The van der Waals surface area contributed by atoms with Gasteiger partial charge in [-0.1, -0.05) is 12.1 Å². The van der Waals surface area contributed by atoms with E-state index in [2.05, 4.69) is 0 Å². The molecule has 0 spiro atoms. The smallest absolute Gasteiger partial charge is 0.309 e. The second-order valence-corrected chi connectivity index (χ2v) is 7.10. The van der Waals surface area contributed by atoms with Gasteiger partial charge in [-0.15, -0.1) is 0 Å². The van der Waals surface area contributed by atoms with Crippen LogP contribution >= 0.6 is 0 Å². The Morgan fingerprint density at radius 1 is 1.19 bits per heavy atom. The van der Waals surface area contributed by atoms with Crippen molar-refractivity contribution in [2.45, 2.75) is 33.1 Å². The topological polar surface area (TPSA) is 66.9 Å². The SMILES string of the molecule is CCOC(=O)C1CCN(C(=O)C2CC(=O)N(c3cccc(C)c3)C2)CC1. The summed E-state index contributed by atoms with van der Waals surface area (Å²) in [5.74, 6) is -0.567. The first kappa shape index (κ1) is 18.4. The number of amides is 2. The average Bonchev–Trinajstić information content (AvgIpc) is 3.03. The Morgan fingerprint density at radius 2 is 1.92 bits per heavy atom. The van der Waals surface area contributed by atoms with Crippen LogP contribution < -0.4 is 4.90 Å². The molecule has 1 unspecified atom stereocenters. The van der Waals surface area contributed by atoms with Crippen LogP contribution in [0, 0.1) is 18.8 Å². The fourth-order valence-electron chi connectivity index (χ4n) is 3.77. The highest BCUT2D eigenvalue weighted by atomic mass is 16.5. The molecule has 6 heteroatoms. The standard InChI is InChI=1S/C20H26N2O4/c1-3-26-20(25)15-7-9-21(10-8-15)19(24)16-12-18(23)22(13-16)17-6-4-5-14(2)11-17/h4-6,11,15-16H,3,7-10,12-13H2,1-2H3. The lowest BCUT2D eigenvalue weighted by molar-refractivity contribution is -0.151. The van der Waals surface area contributed by atoms with Gasteiger partial charge >= 0.3 is 5.97 Å². The van der Waals surface area contributed by atoms with Crippen molar-refractivity contribution in [1.82, 2.24) is 4.90 Å². The average molecular weight is 358 g/mol. The largest absolute Gasteiger partial charge is 0.466 e. The predicted octanol–water partition coefficient (Wildman–Crippen LogP) is 2.15.